The molecule has 0 spiro atoms. The quantitative estimate of drug-likeness (QED) is 0.667. The Bertz CT molecular complexity index is 520. The van der Waals surface area contributed by atoms with E-state index in [0.29, 0.717) is 11.8 Å². The topological polar surface area (TPSA) is 55.2 Å². The summed E-state index contributed by atoms with van der Waals surface area (Å²) in [5.74, 6) is 3.08. The van der Waals surface area contributed by atoms with Crippen LogP contribution < -0.4 is 5.32 Å². The smallest absolute Gasteiger partial charge is 0.384 e. The molecule has 0 aromatic heterocycles. The number of nitrogens with one attached hydrogen (secondary N) is 1. The molecule has 1 heterocycles. The summed E-state index contributed by atoms with van der Waals surface area (Å²) in [6.45, 7) is 0.548. The van der Waals surface area contributed by atoms with Gasteiger partial charge in [-0.3, -0.25) is 10.1 Å². The van der Waals surface area contributed by atoms with E-state index in [9.17, 15) is 23.3 Å². The predicted octanol–water partition coefficient (Wildman–Crippen LogP) is 3.87. The molecule has 2 rings (SSSR count). The van der Waals surface area contributed by atoms with Gasteiger partial charge in [0.25, 0.3) is 5.69 Å². The molecule has 21 heavy (non-hydrogen) atoms. The van der Waals surface area contributed by atoms with Gasteiger partial charge in [-0.15, -0.1) is 0 Å². The zero-order valence-corrected chi connectivity index (χ0v) is 12.5. The molecular weight excluding hydrogens is 325 g/mol. The fourth-order valence-corrected chi connectivity index (χ4v) is 4.53. The van der Waals surface area contributed by atoms with Crippen LogP contribution >= 0.6 is 23.5 Å². The maximum Gasteiger partial charge on any atom is 0.423 e. The molecule has 1 aromatic carbocycles. The second-order valence-electron chi connectivity index (χ2n) is 4.44. The molecule has 1 saturated heterocycles. The number of anilines is 1. The van der Waals surface area contributed by atoms with E-state index >= 15 is 0 Å². The van der Waals surface area contributed by atoms with Crippen molar-refractivity contribution in [2.24, 2.45) is 0 Å². The summed E-state index contributed by atoms with van der Waals surface area (Å²) >= 11 is 3.61. The first-order valence-corrected chi connectivity index (χ1v) is 8.37. The van der Waals surface area contributed by atoms with Gasteiger partial charge in [0.1, 0.15) is 5.56 Å². The van der Waals surface area contributed by atoms with Gasteiger partial charge in [-0.25, -0.2) is 0 Å². The van der Waals surface area contributed by atoms with E-state index in [4.69, 9.17) is 0 Å². The Morgan fingerprint density at radius 1 is 1.38 bits per heavy atom. The number of thioether (sulfide) groups is 2. The summed E-state index contributed by atoms with van der Waals surface area (Å²) in [7, 11) is 0. The first-order chi connectivity index (χ1) is 9.88. The van der Waals surface area contributed by atoms with E-state index in [1.165, 1.54) is 6.07 Å². The normalized spacial score (nSPS) is 19.3. The Hall–Kier alpha value is -1.09. The van der Waals surface area contributed by atoms with Crippen LogP contribution in [-0.2, 0) is 6.18 Å². The fraction of sp³-hybridized carbons (Fsp3) is 0.500. The minimum Gasteiger partial charge on any atom is -0.384 e. The molecule has 9 heteroatoms. The van der Waals surface area contributed by atoms with Gasteiger partial charge in [-0.2, -0.15) is 36.7 Å². The van der Waals surface area contributed by atoms with Gasteiger partial charge in [0.2, 0.25) is 0 Å². The van der Waals surface area contributed by atoms with E-state index in [1.54, 1.807) is 11.8 Å². The number of benzene rings is 1. The minimum atomic E-state index is -4.74. The first-order valence-electron chi connectivity index (χ1n) is 6.17. The summed E-state index contributed by atoms with van der Waals surface area (Å²) in [4.78, 5) is 9.65. The molecule has 0 bridgehead atoms. The summed E-state index contributed by atoms with van der Waals surface area (Å²) in [6, 6.07) is 3.01. The van der Waals surface area contributed by atoms with Gasteiger partial charge in [0.15, 0.2) is 0 Å². The number of halogens is 3. The van der Waals surface area contributed by atoms with Crippen molar-refractivity contribution in [2.75, 3.05) is 29.1 Å². The van der Waals surface area contributed by atoms with Gasteiger partial charge in [-0.05, 0) is 12.1 Å². The minimum absolute atomic E-state index is 0.254. The fourth-order valence-electron chi connectivity index (χ4n) is 1.92. The third-order valence-electron chi connectivity index (χ3n) is 2.92. The van der Waals surface area contributed by atoms with Gasteiger partial charge in [0.05, 0.1) is 4.92 Å². The van der Waals surface area contributed by atoms with E-state index in [1.807, 2.05) is 11.8 Å². The molecule has 1 unspecified atom stereocenters. The van der Waals surface area contributed by atoms with Gasteiger partial charge >= 0.3 is 6.18 Å². The molecule has 1 atom stereocenters. The highest BCUT2D eigenvalue weighted by molar-refractivity contribution is 8.06. The van der Waals surface area contributed by atoms with Crippen molar-refractivity contribution in [3.05, 3.63) is 33.9 Å². The summed E-state index contributed by atoms with van der Waals surface area (Å²) < 4.78 is 38.5. The summed E-state index contributed by atoms with van der Waals surface area (Å²) in [5, 5.41) is 13.9. The number of hydrogen-bond donors (Lipinski definition) is 1. The standard InChI is InChI=1S/C12H13F3N2O2S2/c13-12(14,15)10-5-8(1-2-11(10)17(18)19)16-6-9-7-20-3-4-21-9/h1-2,5,9,16H,3-4,6-7H2. The largest absolute Gasteiger partial charge is 0.423 e. The van der Waals surface area contributed by atoms with Crippen LogP contribution in [0.2, 0.25) is 0 Å². The van der Waals surface area contributed by atoms with Crippen molar-refractivity contribution in [1.29, 1.82) is 0 Å². The molecule has 116 valence electrons. The highest BCUT2D eigenvalue weighted by atomic mass is 32.2. The number of hydrogen-bond acceptors (Lipinski definition) is 5. The molecule has 0 aliphatic carbocycles. The van der Waals surface area contributed by atoms with Crippen molar-refractivity contribution in [3.8, 4) is 0 Å². The average molecular weight is 338 g/mol. The number of alkyl halides is 3. The average Bonchev–Trinajstić information content (AvgIpc) is 2.45. The highest BCUT2D eigenvalue weighted by Gasteiger charge is 2.38. The lowest BCUT2D eigenvalue weighted by atomic mass is 10.1. The van der Waals surface area contributed by atoms with Crippen molar-refractivity contribution in [3.63, 3.8) is 0 Å². The third-order valence-corrected chi connectivity index (χ3v) is 5.76. The van der Waals surface area contributed by atoms with Crippen LogP contribution in [-0.4, -0.2) is 34.0 Å². The zero-order valence-electron chi connectivity index (χ0n) is 10.9. The monoisotopic (exact) mass is 338 g/mol. The zero-order chi connectivity index (χ0) is 15.5. The van der Waals surface area contributed by atoms with Gasteiger partial charge < -0.3 is 5.32 Å². The highest BCUT2D eigenvalue weighted by Crippen LogP contribution is 2.37. The summed E-state index contributed by atoms with van der Waals surface area (Å²) in [6.07, 6.45) is -4.74. The van der Waals surface area contributed by atoms with Crippen molar-refractivity contribution in [1.82, 2.24) is 0 Å². The van der Waals surface area contributed by atoms with Crippen LogP contribution in [0.5, 0.6) is 0 Å². The SMILES string of the molecule is O=[N+]([O-])c1ccc(NCC2CSCCS2)cc1C(F)(F)F. The van der Waals surface area contributed by atoms with Crippen LogP contribution in [0, 0.1) is 10.1 Å². The molecule has 0 amide bonds. The van der Waals surface area contributed by atoms with Crippen molar-refractivity contribution >= 4 is 34.9 Å². The van der Waals surface area contributed by atoms with E-state index in [2.05, 4.69) is 5.32 Å². The Labute approximate surface area is 128 Å². The third kappa shape index (κ3) is 4.44. The molecule has 1 aliphatic rings. The molecular formula is C12H13F3N2O2S2. The number of nitro groups is 1. The van der Waals surface area contributed by atoms with Gasteiger partial charge in [0, 0.05) is 40.8 Å². The lowest BCUT2D eigenvalue weighted by Gasteiger charge is -2.21. The Kier molecular flexibility index (Phi) is 5.26. The lowest BCUT2D eigenvalue weighted by Crippen LogP contribution is -2.23. The molecule has 0 saturated carbocycles. The van der Waals surface area contributed by atoms with Crippen LogP contribution in [0.25, 0.3) is 0 Å². The van der Waals surface area contributed by atoms with Crippen LogP contribution in [0.1, 0.15) is 5.56 Å². The van der Waals surface area contributed by atoms with Crippen molar-refractivity contribution in [2.45, 2.75) is 11.4 Å². The molecule has 1 fully saturated rings. The van der Waals surface area contributed by atoms with Crippen LogP contribution in [0.15, 0.2) is 18.2 Å². The molecule has 4 nitrogen and oxygen atoms in total. The van der Waals surface area contributed by atoms with E-state index < -0.39 is 22.4 Å². The molecule has 1 N–H and O–H groups in total. The molecule has 1 aliphatic heterocycles. The lowest BCUT2D eigenvalue weighted by molar-refractivity contribution is -0.388. The molecule has 1 aromatic rings. The second kappa shape index (κ2) is 6.78. The van der Waals surface area contributed by atoms with Crippen molar-refractivity contribution < 1.29 is 18.1 Å². The number of nitro benzene ring substituents is 1. The Balaban J connectivity index is 2.11. The van der Waals surface area contributed by atoms with Crippen LogP contribution in [0.4, 0.5) is 24.5 Å². The van der Waals surface area contributed by atoms with Crippen LogP contribution in [0.3, 0.4) is 0 Å². The summed E-state index contributed by atoms with van der Waals surface area (Å²) in [5.41, 5.74) is -1.89. The first kappa shape index (κ1) is 16.3. The maximum absolute atomic E-state index is 12.8. The maximum atomic E-state index is 12.8. The van der Waals surface area contributed by atoms with E-state index in [-0.39, 0.29) is 5.69 Å². The second-order valence-corrected chi connectivity index (χ2v) is 6.99. The predicted molar refractivity (Wildman–Crippen MR) is 80.2 cm³/mol. The Morgan fingerprint density at radius 3 is 2.71 bits per heavy atom. The Morgan fingerprint density at radius 2 is 2.14 bits per heavy atom. The van der Waals surface area contributed by atoms with E-state index in [0.717, 1.165) is 29.4 Å². The van der Waals surface area contributed by atoms with Gasteiger partial charge in [-0.1, -0.05) is 0 Å². The number of rotatable bonds is 4. The molecule has 0 radical (unpaired) electrons. The number of nitrogens with zero attached hydrogens (tertiary/aromatic N) is 1.